The van der Waals surface area contributed by atoms with E-state index in [1.54, 1.807) is 0 Å². The van der Waals surface area contributed by atoms with Gasteiger partial charge in [0.2, 0.25) is 0 Å². The highest BCUT2D eigenvalue weighted by atomic mass is 79.9. The lowest BCUT2D eigenvalue weighted by Gasteiger charge is -2.07. The highest BCUT2D eigenvalue weighted by molar-refractivity contribution is 9.10. The van der Waals surface area contributed by atoms with Crippen molar-refractivity contribution in [1.82, 2.24) is 4.57 Å². The minimum atomic E-state index is -0.668. The summed E-state index contributed by atoms with van der Waals surface area (Å²) >= 11 is 3.38. The van der Waals surface area contributed by atoms with Gasteiger partial charge in [-0.2, -0.15) is 0 Å². The van der Waals surface area contributed by atoms with Gasteiger partial charge >= 0.3 is 11.2 Å². The van der Waals surface area contributed by atoms with Crippen LogP contribution in [0.3, 0.4) is 0 Å². The molecule has 0 unspecified atom stereocenters. The van der Waals surface area contributed by atoms with Gasteiger partial charge < -0.3 is 4.57 Å². The van der Waals surface area contributed by atoms with Crippen LogP contribution in [-0.2, 0) is 6.54 Å². The fraction of sp³-hybridized carbons (Fsp3) is 0.0833. The smallest absolute Gasteiger partial charge is 0.305 e. The number of hydrogen-bond acceptors (Lipinski definition) is 3. The topological polar surface area (TPSA) is 65.1 Å². The van der Waals surface area contributed by atoms with Crippen LogP contribution in [0, 0.1) is 10.1 Å². The molecule has 1 aromatic heterocycles. The van der Waals surface area contributed by atoms with Gasteiger partial charge in [-0.25, -0.2) is 0 Å². The molecule has 6 heteroatoms. The van der Waals surface area contributed by atoms with Gasteiger partial charge in [-0.05, 0) is 17.7 Å². The molecular formula is C12H9BrN2O3. The van der Waals surface area contributed by atoms with Gasteiger partial charge in [-0.15, -0.1) is 0 Å². The Bertz CT molecular complexity index is 652. The second-order valence-electron chi connectivity index (χ2n) is 3.68. The molecule has 1 heterocycles. The SMILES string of the molecule is O=c1c([N+](=O)[O-])cccn1Cc1ccccc1Br. The molecule has 0 fully saturated rings. The Balaban J connectivity index is 2.42. The Kier molecular flexibility index (Phi) is 3.57. The van der Waals surface area contributed by atoms with Crippen LogP contribution in [0.15, 0.2) is 51.9 Å². The summed E-state index contributed by atoms with van der Waals surface area (Å²) in [7, 11) is 0. The molecule has 1 aromatic carbocycles. The fourth-order valence-corrected chi connectivity index (χ4v) is 2.01. The molecule has 0 aliphatic heterocycles. The van der Waals surface area contributed by atoms with E-state index in [2.05, 4.69) is 15.9 Å². The first-order valence-corrected chi connectivity index (χ1v) is 5.96. The maximum atomic E-state index is 11.8. The van der Waals surface area contributed by atoms with E-state index < -0.39 is 16.2 Å². The predicted octanol–water partition coefficient (Wildman–Crippen LogP) is 2.57. The molecule has 5 nitrogen and oxygen atoms in total. The second kappa shape index (κ2) is 5.14. The van der Waals surface area contributed by atoms with Crippen LogP contribution in [-0.4, -0.2) is 9.49 Å². The number of benzene rings is 1. The van der Waals surface area contributed by atoms with E-state index in [1.807, 2.05) is 24.3 Å². The van der Waals surface area contributed by atoms with Crippen molar-refractivity contribution in [3.8, 4) is 0 Å². The standard InChI is InChI=1S/C12H9BrN2O3/c13-10-5-2-1-4-9(10)8-14-7-3-6-11(12(14)16)15(17)18/h1-7H,8H2. The molecule has 0 saturated heterocycles. The molecule has 0 aliphatic rings. The lowest BCUT2D eigenvalue weighted by atomic mass is 10.2. The van der Waals surface area contributed by atoms with Gasteiger partial charge in [0, 0.05) is 16.7 Å². The third-order valence-electron chi connectivity index (χ3n) is 2.50. The molecule has 0 spiro atoms. The van der Waals surface area contributed by atoms with Crippen molar-refractivity contribution in [2.45, 2.75) is 6.54 Å². The van der Waals surface area contributed by atoms with Crippen molar-refractivity contribution in [3.63, 3.8) is 0 Å². The Labute approximate surface area is 111 Å². The average Bonchev–Trinajstić information content (AvgIpc) is 2.34. The third-order valence-corrected chi connectivity index (χ3v) is 3.27. The van der Waals surface area contributed by atoms with Crippen molar-refractivity contribution in [2.75, 3.05) is 0 Å². The van der Waals surface area contributed by atoms with Crippen molar-refractivity contribution in [1.29, 1.82) is 0 Å². The third kappa shape index (κ3) is 2.48. The van der Waals surface area contributed by atoms with Crippen LogP contribution in [0.1, 0.15) is 5.56 Å². The first-order chi connectivity index (χ1) is 8.59. The maximum absolute atomic E-state index is 11.8. The minimum Gasteiger partial charge on any atom is -0.305 e. The van der Waals surface area contributed by atoms with Crippen LogP contribution in [0.4, 0.5) is 5.69 Å². The maximum Gasteiger partial charge on any atom is 0.334 e. The summed E-state index contributed by atoms with van der Waals surface area (Å²) in [4.78, 5) is 21.8. The molecule has 18 heavy (non-hydrogen) atoms. The summed E-state index contributed by atoms with van der Waals surface area (Å²) in [5.41, 5.74) is -0.122. The fourth-order valence-electron chi connectivity index (χ4n) is 1.60. The van der Waals surface area contributed by atoms with E-state index >= 15 is 0 Å². The number of halogens is 1. The van der Waals surface area contributed by atoms with Gasteiger partial charge in [0.25, 0.3) is 0 Å². The summed E-state index contributed by atoms with van der Waals surface area (Å²) < 4.78 is 2.18. The molecule has 0 aliphatic carbocycles. The number of nitro groups is 1. The molecular weight excluding hydrogens is 300 g/mol. The summed E-state index contributed by atoms with van der Waals surface area (Å²) in [6.45, 7) is 0.294. The van der Waals surface area contributed by atoms with E-state index in [-0.39, 0.29) is 0 Å². The Morgan fingerprint density at radius 1 is 1.22 bits per heavy atom. The number of rotatable bonds is 3. The van der Waals surface area contributed by atoms with Gasteiger partial charge in [0.1, 0.15) is 0 Å². The highest BCUT2D eigenvalue weighted by Gasteiger charge is 2.13. The van der Waals surface area contributed by atoms with Gasteiger partial charge in [0.05, 0.1) is 11.5 Å². The van der Waals surface area contributed by atoms with Crippen LogP contribution in [0.2, 0.25) is 0 Å². The molecule has 92 valence electrons. The van der Waals surface area contributed by atoms with Crippen molar-refractivity contribution >= 4 is 21.6 Å². The zero-order valence-electron chi connectivity index (χ0n) is 9.25. The van der Waals surface area contributed by atoms with E-state index in [9.17, 15) is 14.9 Å². The van der Waals surface area contributed by atoms with E-state index in [1.165, 1.54) is 22.9 Å². The number of pyridine rings is 1. The van der Waals surface area contributed by atoms with Crippen LogP contribution in [0.5, 0.6) is 0 Å². The van der Waals surface area contributed by atoms with Crippen LogP contribution >= 0.6 is 15.9 Å². The predicted molar refractivity (Wildman–Crippen MR) is 70.6 cm³/mol. The largest absolute Gasteiger partial charge is 0.334 e. The van der Waals surface area contributed by atoms with E-state index in [0.29, 0.717) is 6.54 Å². The number of aromatic nitrogens is 1. The van der Waals surface area contributed by atoms with Crippen molar-refractivity contribution < 1.29 is 4.92 Å². The first-order valence-electron chi connectivity index (χ1n) is 5.17. The molecule has 2 aromatic rings. The van der Waals surface area contributed by atoms with Crippen molar-refractivity contribution in [3.05, 3.63) is 73.1 Å². The Hall–Kier alpha value is -1.95. The highest BCUT2D eigenvalue weighted by Crippen LogP contribution is 2.16. The molecule has 0 saturated carbocycles. The molecule has 0 amide bonds. The molecule has 2 rings (SSSR count). The summed E-state index contributed by atoms with van der Waals surface area (Å²) in [5, 5.41) is 10.7. The van der Waals surface area contributed by atoms with E-state index in [4.69, 9.17) is 0 Å². The Morgan fingerprint density at radius 3 is 2.61 bits per heavy atom. The monoisotopic (exact) mass is 308 g/mol. The minimum absolute atomic E-state index is 0.294. The van der Waals surface area contributed by atoms with Crippen molar-refractivity contribution in [2.24, 2.45) is 0 Å². The van der Waals surface area contributed by atoms with Crippen LogP contribution < -0.4 is 5.56 Å². The van der Waals surface area contributed by atoms with Gasteiger partial charge in [-0.3, -0.25) is 14.9 Å². The second-order valence-corrected chi connectivity index (χ2v) is 4.53. The lowest BCUT2D eigenvalue weighted by Crippen LogP contribution is -2.22. The summed E-state index contributed by atoms with van der Waals surface area (Å²) in [6.07, 6.45) is 1.54. The number of nitrogens with zero attached hydrogens (tertiary/aromatic N) is 2. The number of hydrogen-bond donors (Lipinski definition) is 0. The summed E-state index contributed by atoms with van der Waals surface area (Å²) in [6, 6.07) is 10.1. The zero-order chi connectivity index (χ0) is 13.1. The zero-order valence-corrected chi connectivity index (χ0v) is 10.8. The Morgan fingerprint density at radius 2 is 1.94 bits per heavy atom. The summed E-state index contributed by atoms with van der Waals surface area (Å²) in [5.74, 6) is 0. The van der Waals surface area contributed by atoms with Gasteiger partial charge in [0.15, 0.2) is 0 Å². The average molecular weight is 309 g/mol. The molecule has 0 atom stereocenters. The molecule has 0 bridgehead atoms. The quantitative estimate of drug-likeness (QED) is 0.646. The normalized spacial score (nSPS) is 10.3. The molecule has 0 radical (unpaired) electrons. The first kappa shape index (κ1) is 12.5. The van der Waals surface area contributed by atoms with E-state index in [0.717, 1.165) is 10.0 Å². The van der Waals surface area contributed by atoms with Crippen LogP contribution in [0.25, 0.3) is 0 Å². The lowest BCUT2D eigenvalue weighted by molar-refractivity contribution is -0.386. The molecule has 0 N–H and O–H groups in total. The van der Waals surface area contributed by atoms with Gasteiger partial charge in [-0.1, -0.05) is 34.1 Å².